The summed E-state index contributed by atoms with van der Waals surface area (Å²) in [7, 11) is 0. The van der Waals surface area contributed by atoms with Gasteiger partial charge in [-0.3, -0.25) is 24.2 Å². The lowest BCUT2D eigenvalue weighted by atomic mass is 10.0. The molecule has 0 saturated heterocycles. The number of hydrogen-bond acceptors (Lipinski definition) is 8. The van der Waals surface area contributed by atoms with E-state index in [0.717, 1.165) is 0 Å². The zero-order valence-electron chi connectivity index (χ0n) is 20.8. The quantitative estimate of drug-likeness (QED) is 0.0581. The number of carbonyl (C=O) groups is 5. The normalized spacial score (nSPS) is 14.1. The van der Waals surface area contributed by atoms with E-state index in [-0.39, 0.29) is 31.8 Å². The van der Waals surface area contributed by atoms with Gasteiger partial charge in [0.2, 0.25) is 23.6 Å². The van der Waals surface area contributed by atoms with E-state index in [9.17, 15) is 29.1 Å². The Labute approximate surface area is 213 Å². The zero-order valence-corrected chi connectivity index (χ0v) is 20.8. The van der Waals surface area contributed by atoms with Crippen LogP contribution in [0.3, 0.4) is 0 Å². The molecule has 0 spiro atoms. The summed E-state index contributed by atoms with van der Waals surface area (Å²) in [5, 5.41) is 17.0. The van der Waals surface area contributed by atoms with Crippen molar-refractivity contribution < 1.29 is 29.1 Å². The van der Waals surface area contributed by atoms with Gasteiger partial charge in [0, 0.05) is 24.9 Å². The van der Waals surface area contributed by atoms with Gasteiger partial charge >= 0.3 is 5.97 Å². The van der Waals surface area contributed by atoms with Crippen LogP contribution >= 0.6 is 0 Å². The first-order valence-electron chi connectivity index (χ1n) is 11.5. The number of guanidine groups is 1. The lowest BCUT2D eigenvalue weighted by Crippen LogP contribution is -2.58. The highest BCUT2D eigenvalue weighted by Crippen LogP contribution is 2.07. The number of aliphatic carboxylic acids is 1. The molecule has 1 aromatic rings. The topological polar surface area (TPSA) is 287 Å². The van der Waals surface area contributed by atoms with Gasteiger partial charge in [-0.2, -0.15) is 0 Å². The molecule has 0 aliphatic rings. The number of primary amides is 1. The monoisotopic (exact) mass is 524 g/mol. The number of aromatic amines is 1. The van der Waals surface area contributed by atoms with Crippen LogP contribution in [0, 0.1) is 5.92 Å². The summed E-state index contributed by atoms with van der Waals surface area (Å²) in [5.41, 5.74) is 21.8. The Kier molecular flexibility index (Phi) is 12.5. The van der Waals surface area contributed by atoms with Gasteiger partial charge in [-0.05, 0) is 18.8 Å². The van der Waals surface area contributed by atoms with Crippen LogP contribution in [0.25, 0.3) is 0 Å². The molecule has 0 aliphatic carbocycles. The third-order valence-corrected chi connectivity index (χ3v) is 5.18. The summed E-state index contributed by atoms with van der Waals surface area (Å²) < 4.78 is 0. The number of H-pyrrole nitrogens is 1. The van der Waals surface area contributed by atoms with E-state index in [0.29, 0.717) is 5.69 Å². The van der Waals surface area contributed by atoms with Crippen LogP contribution in [0.2, 0.25) is 0 Å². The Bertz CT molecular complexity index is 961. The van der Waals surface area contributed by atoms with Crippen molar-refractivity contribution in [3.63, 3.8) is 0 Å². The fourth-order valence-electron chi connectivity index (χ4n) is 3.23. The fourth-order valence-corrected chi connectivity index (χ4v) is 3.23. The van der Waals surface area contributed by atoms with Gasteiger partial charge in [0.05, 0.1) is 18.8 Å². The highest BCUT2D eigenvalue weighted by molar-refractivity contribution is 5.95. The molecular weight excluding hydrogens is 488 g/mol. The van der Waals surface area contributed by atoms with Crippen LogP contribution in [0.5, 0.6) is 0 Å². The largest absolute Gasteiger partial charge is 0.480 e. The van der Waals surface area contributed by atoms with Crippen LogP contribution in [0.4, 0.5) is 0 Å². The van der Waals surface area contributed by atoms with Crippen molar-refractivity contribution >= 4 is 35.6 Å². The molecule has 0 aromatic carbocycles. The maximum Gasteiger partial charge on any atom is 0.326 e. The Morgan fingerprint density at radius 3 is 2.19 bits per heavy atom. The van der Waals surface area contributed by atoms with E-state index in [4.69, 9.17) is 22.9 Å². The zero-order chi connectivity index (χ0) is 28.1. The molecule has 16 nitrogen and oxygen atoms in total. The first-order chi connectivity index (χ1) is 17.3. The van der Waals surface area contributed by atoms with E-state index < -0.39 is 66.1 Å². The molecule has 0 bridgehead atoms. The molecule has 0 radical (unpaired) electrons. The minimum Gasteiger partial charge on any atom is -0.480 e. The summed E-state index contributed by atoms with van der Waals surface area (Å²) in [6, 6.07) is -4.86. The lowest BCUT2D eigenvalue weighted by molar-refractivity contribution is -0.142. The average Bonchev–Trinajstić information content (AvgIpc) is 3.30. The first-order valence-corrected chi connectivity index (χ1v) is 11.5. The number of carboxylic acids is 1. The van der Waals surface area contributed by atoms with Gasteiger partial charge in [0.1, 0.15) is 18.1 Å². The SMILES string of the molecule is CC(C)C(NC(=O)C(CCCN=C(N)N)NC(=O)C(N)CC(N)=O)C(=O)NC(Cc1cnc[nH]1)C(=O)O. The summed E-state index contributed by atoms with van der Waals surface area (Å²) in [6.07, 6.45) is 2.68. The molecule has 0 saturated carbocycles. The summed E-state index contributed by atoms with van der Waals surface area (Å²) >= 11 is 0. The standard InChI is InChI=1S/C21H36N10O6/c1-10(2)16(19(35)30-14(20(36)37)6-11-8-26-9-28-11)31-18(34)13(4-3-5-27-21(24)25)29-17(33)12(22)7-15(23)32/h8-10,12-14,16H,3-7,22H2,1-2H3,(H2,23,32)(H,26,28)(H,29,33)(H,30,35)(H,31,34)(H,36,37)(H4,24,25,27). The molecule has 4 amide bonds. The molecule has 16 heteroatoms. The molecule has 4 unspecified atom stereocenters. The lowest BCUT2D eigenvalue weighted by Gasteiger charge is -2.27. The molecule has 37 heavy (non-hydrogen) atoms. The van der Waals surface area contributed by atoms with Crippen molar-refractivity contribution in [2.75, 3.05) is 6.54 Å². The van der Waals surface area contributed by atoms with Crippen molar-refractivity contribution in [2.24, 2.45) is 33.8 Å². The maximum absolute atomic E-state index is 13.1. The number of carboxylic acid groups (broad SMARTS) is 1. The minimum absolute atomic E-state index is 0.0545. The van der Waals surface area contributed by atoms with E-state index in [1.165, 1.54) is 12.5 Å². The molecule has 206 valence electrons. The number of rotatable bonds is 16. The van der Waals surface area contributed by atoms with E-state index in [1.54, 1.807) is 13.8 Å². The molecule has 4 atom stereocenters. The third-order valence-electron chi connectivity index (χ3n) is 5.18. The Hall–Kier alpha value is -4.21. The molecule has 1 heterocycles. The second-order valence-electron chi connectivity index (χ2n) is 8.70. The van der Waals surface area contributed by atoms with Crippen molar-refractivity contribution in [3.05, 3.63) is 18.2 Å². The van der Waals surface area contributed by atoms with Crippen molar-refractivity contribution in [1.82, 2.24) is 25.9 Å². The number of aromatic nitrogens is 2. The number of nitrogens with one attached hydrogen (secondary N) is 4. The summed E-state index contributed by atoms with van der Waals surface area (Å²) in [6.45, 7) is 3.48. The first kappa shape index (κ1) is 30.8. The number of hydrogen-bond donors (Lipinski definition) is 9. The van der Waals surface area contributed by atoms with Gasteiger partial charge in [-0.25, -0.2) is 9.78 Å². The number of imidazole rings is 1. The summed E-state index contributed by atoms with van der Waals surface area (Å²) in [4.78, 5) is 71.6. The highest BCUT2D eigenvalue weighted by Gasteiger charge is 2.32. The molecule has 0 aliphatic heterocycles. The number of nitrogens with zero attached hydrogens (tertiary/aromatic N) is 2. The smallest absolute Gasteiger partial charge is 0.326 e. The van der Waals surface area contributed by atoms with Gasteiger partial charge < -0.3 is 49.0 Å². The number of aliphatic imine (C=N–C) groups is 1. The summed E-state index contributed by atoms with van der Waals surface area (Å²) in [5.74, 6) is -4.91. The predicted octanol–water partition coefficient (Wildman–Crippen LogP) is -3.60. The van der Waals surface area contributed by atoms with Crippen LogP contribution in [0.15, 0.2) is 17.5 Å². The number of carbonyl (C=O) groups excluding carboxylic acids is 4. The third kappa shape index (κ3) is 11.4. The van der Waals surface area contributed by atoms with Crippen LogP contribution < -0.4 is 38.9 Å². The molecule has 13 N–H and O–H groups in total. The fraction of sp³-hybridized carbons (Fsp3) is 0.571. The van der Waals surface area contributed by atoms with Crippen molar-refractivity contribution in [3.8, 4) is 0 Å². The minimum atomic E-state index is -1.28. The van der Waals surface area contributed by atoms with E-state index >= 15 is 0 Å². The molecule has 1 aromatic heterocycles. The van der Waals surface area contributed by atoms with Crippen LogP contribution in [-0.2, 0) is 30.4 Å². The molecule has 1 rings (SSSR count). The van der Waals surface area contributed by atoms with Gasteiger partial charge in [0.15, 0.2) is 5.96 Å². The second kappa shape index (κ2) is 15.0. The van der Waals surface area contributed by atoms with Gasteiger partial charge in [-0.1, -0.05) is 13.8 Å². The average molecular weight is 525 g/mol. The van der Waals surface area contributed by atoms with Crippen LogP contribution in [-0.4, -0.2) is 81.3 Å². The number of nitrogens with two attached hydrogens (primary N) is 4. The van der Waals surface area contributed by atoms with Crippen molar-refractivity contribution in [1.29, 1.82) is 0 Å². The van der Waals surface area contributed by atoms with Crippen LogP contribution in [0.1, 0.15) is 38.8 Å². The van der Waals surface area contributed by atoms with E-state index in [2.05, 4.69) is 30.9 Å². The second-order valence-corrected chi connectivity index (χ2v) is 8.70. The van der Waals surface area contributed by atoms with E-state index in [1.807, 2.05) is 0 Å². The molecular formula is C21H36N10O6. The Morgan fingerprint density at radius 1 is 1.03 bits per heavy atom. The maximum atomic E-state index is 13.1. The Morgan fingerprint density at radius 2 is 1.68 bits per heavy atom. The number of amides is 4. The van der Waals surface area contributed by atoms with Gasteiger partial charge in [-0.15, -0.1) is 0 Å². The Balaban J connectivity index is 2.98. The van der Waals surface area contributed by atoms with Crippen molar-refractivity contribution in [2.45, 2.75) is 63.7 Å². The molecule has 0 fully saturated rings. The highest BCUT2D eigenvalue weighted by atomic mass is 16.4. The van der Waals surface area contributed by atoms with Gasteiger partial charge in [0.25, 0.3) is 0 Å². The predicted molar refractivity (Wildman–Crippen MR) is 132 cm³/mol.